The minimum Gasteiger partial charge on any atom is -0.443 e. The summed E-state index contributed by atoms with van der Waals surface area (Å²) in [6.07, 6.45) is 7.03. The van der Waals surface area contributed by atoms with Crippen LogP contribution in [0.2, 0.25) is 0 Å². The van der Waals surface area contributed by atoms with Crippen molar-refractivity contribution in [2.45, 2.75) is 32.2 Å². The Labute approximate surface area is 128 Å². The molecule has 1 aliphatic carbocycles. The number of piperidine rings is 1. The monoisotopic (exact) mass is 295 g/mol. The van der Waals surface area contributed by atoms with E-state index in [-0.39, 0.29) is 5.91 Å². The Bertz CT molecular complexity index is 767. The smallest absolute Gasteiger partial charge is 0.259 e. The first-order valence-corrected chi connectivity index (χ1v) is 7.67. The first-order chi connectivity index (χ1) is 10.7. The van der Waals surface area contributed by atoms with Gasteiger partial charge in [0.05, 0.1) is 0 Å². The Kier molecular flexibility index (Phi) is 2.86. The summed E-state index contributed by atoms with van der Waals surface area (Å²) in [6.45, 7) is 2.58. The van der Waals surface area contributed by atoms with E-state index in [0.717, 1.165) is 19.4 Å². The number of carbonyl (C=O) groups excluding carboxylic acids is 1. The van der Waals surface area contributed by atoms with E-state index in [1.165, 1.54) is 6.42 Å². The van der Waals surface area contributed by atoms with Crippen LogP contribution in [0.25, 0.3) is 5.88 Å². The van der Waals surface area contributed by atoms with Crippen LogP contribution >= 0.6 is 0 Å². The van der Waals surface area contributed by atoms with Crippen LogP contribution in [0.4, 0.5) is 0 Å². The lowest BCUT2D eigenvalue weighted by molar-refractivity contribution is 0.0701. The van der Waals surface area contributed by atoms with Gasteiger partial charge in [-0.25, -0.2) is 0 Å². The standard InChI is InChI=1S/C17H17N3O2/c1-11-15(16(21)20-10-12-4-5-13(20)8-12)14(9-18)17(22-11)19-6-2-3-7-19/h2-3,6-7,12-13H,4-5,8,10H2,1H3/t12-,13-/m0/s1. The molecular formula is C17H17N3O2. The minimum absolute atomic E-state index is 0.0524. The number of hydrogen-bond donors (Lipinski definition) is 0. The van der Waals surface area contributed by atoms with Gasteiger partial charge in [-0.05, 0) is 44.2 Å². The number of rotatable bonds is 2. The average molecular weight is 295 g/mol. The maximum Gasteiger partial charge on any atom is 0.259 e. The number of furan rings is 1. The second kappa shape index (κ2) is 4.77. The first-order valence-electron chi connectivity index (χ1n) is 7.67. The van der Waals surface area contributed by atoms with E-state index in [9.17, 15) is 10.1 Å². The van der Waals surface area contributed by atoms with Crippen molar-refractivity contribution >= 4 is 5.91 Å². The van der Waals surface area contributed by atoms with Gasteiger partial charge in [0.15, 0.2) is 0 Å². The Morgan fingerprint density at radius 1 is 1.36 bits per heavy atom. The Balaban J connectivity index is 1.76. The van der Waals surface area contributed by atoms with Crippen LogP contribution in [-0.2, 0) is 0 Å². The predicted octanol–water partition coefficient (Wildman–Crippen LogP) is 2.87. The van der Waals surface area contributed by atoms with E-state index in [0.29, 0.717) is 34.7 Å². The molecule has 1 amide bonds. The van der Waals surface area contributed by atoms with Gasteiger partial charge in [0.1, 0.15) is 23.0 Å². The zero-order valence-corrected chi connectivity index (χ0v) is 12.5. The maximum atomic E-state index is 12.9. The Morgan fingerprint density at radius 2 is 2.14 bits per heavy atom. The summed E-state index contributed by atoms with van der Waals surface area (Å²) >= 11 is 0. The van der Waals surface area contributed by atoms with Crippen LogP contribution in [0.1, 0.15) is 40.9 Å². The van der Waals surface area contributed by atoms with Crippen LogP contribution < -0.4 is 0 Å². The van der Waals surface area contributed by atoms with Crippen LogP contribution in [0.5, 0.6) is 0 Å². The van der Waals surface area contributed by atoms with Gasteiger partial charge in [-0.15, -0.1) is 0 Å². The second-order valence-corrected chi connectivity index (χ2v) is 6.21. The number of aromatic nitrogens is 1. The van der Waals surface area contributed by atoms with Crippen molar-refractivity contribution in [2.75, 3.05) is 6.54 Å². The molecule has 2 bridgehead atoms. The van der Waals surface area contributed by atoms with Crippen molar-refractivity contribution < 1.29 is 9.21 Å². The van der Waals surface area contributed by atoms with Crippen molar-refractivity contribution in [3.05, 3.63) is 41.4 Å². The minimum atomic E-state index is -0.0524. The third-order valence-corrected chi connectivity index (χ3v) is 4.90. The number of likely N-dealkylation sites (tertiary alicyclic amines) is 1. The summed E-state index contributed by atoms with van der Waals surface area (Å²) in [6, 6.07) is 6.22. The molecule has 2 aromatic rings. The van der Waals surface area contributed by atoms with Crippen molar-refractivity contribution in [3.8, 4) is 12.0 Å². The maximum absolute atomic E-state index is 12.9. The normalized spacial score (nSPS) is 23.0. The molecule has 1 aliphatic heterocycles. The van der Waals surface area contributed by atoms with Gasteiger partial charge in [-0.1, -0.05) is 0 Å². The highest BCUT2D eigenvalue weighted by Crippen LogP contribution is 2.39. The number of aryl methyl sites for hydroxylation is 1. The molecule has 112 valence electrons. The second-order valence-electron chi connectivity index (χ2n) is 6.21. The fourth-order valence-electron chi connectivity index (χ4n) is 3.86. The summed E-state index contributed by atoms with van der Waals surface area (Å²) in [7, 11) is 0. The Hall–Kier alpha value is -2.48. The molecule has 0 N–H and O–H groups in total. The summed E-state index contributed by atoms with van der Waals surface area (Å²) in [4.78, 5) is 14.9. The summed E-state index contributed by atoms with van der Waals surface area (Å²) < 4.78 is 7.47. The third kappa shape index (κ3) is 1.80. The fourth-order valence-corrected chi connectivity index (χ4v) is 3.86. The highest BCUT2D eigenvalue weighted by Gasteiger charge is 2.42. The topological polar surface area (TPSA) is 62.2 Å². The molecule has 4 rings (SSSR count). The molecule has 5 nitrogen and oxygen atoms in total. The van der Waals surface area contributed by atoms with Crippen molar-refractivity contribution in [1.29, 1.82) is 5.26 Å². The number of fused-ring (bicyclic) bond motifs is 2. The number of nitriles is 1. The number of amides is 1. The first kappa shape index (κ1) is 13.2. The van der Waals surface area contributed by atoms with E-state index in [1.807, 2.05) is 29.4 Å². The summed E-state index contributed by atoms with van der Waals surface area (Å²) in [5.41, 5.74) is 0.764. The highest BCUT2D eigenvalue weighted by molar-refractivity contribution is 5.99. The van der Waals surface area contributed by atoms with Gasteiger partial charge in [0, 0.05) is 25.0 Å². The largest absolute Gasteiger partial charge is 0.443 e. The van der Waals surface area contributed by atoms with Crippen molar-refractivity contribution in [2.24, 2.45) is 5.92 Å². The van der Waals surface area contributed by atoms with Gasteiger partial charge in [-0.2, -0.15) is 5.26 Å². The lowest BCUT2D eigenvalue weighted by Gasteiger charge is -2.26. The molecule has 22 heavy (non-hydrogen) atoms. The Morgan fingerprint density at radius 3 is 2.73 bits per heavy atom. The lowest BCUT2D eigenvalue weighted by atomic mass is 10.1. The molecule has 2 aromatic heterocycles. The quantitative estimate of drug-likeness (QED) is 0.855. The van der Waals surface area contributed by atoms with Gasteiger partial charge >= 0.3 is 0 Å². The number of hydrogen-bond acceptors (Lipinski definition) is 3. The molecule has 2 fully saturated rings. The molecular weight excluding hydrogens is 278 g/mol. The number of nitrogens with zero attached hydrogens (tertiary/aromatic N) is 3. The molecule has 1 saturated heterocycles. The van der Waals surface area contributed by atoms with E-state index in [1.54, 1.807) is 11.5 Å². The third-order valence-electron chi connectivity index (χ3n) is 4.90. The molecule has 0 spiro atoms. The van der Waals surface area contributed by atoms with Gasteiger partial charge in [0.25, 0.3) is 5.91 Å². The average Bonchev–Trinajstić information content (AvgIpc) is 3.28. The van der Waals surface area contributed by atoms with Crippen LogP contribution in [0, 0.1) is 24.2 Å². The summed E-state index contributed by atoms with van der Waals surface area (Å²) in [5.74, 6) is 1.53. The van der Waals surface area contributed by atoms with E-state index >= 15 is 0 Å². The zero-order valence-electron chi connectivity index (χ0n) is 12.5. The molecule has 1 saturated carbocycles. The molecule has 2 aliphatic rings. The summed E-state index contributed by atoms with van der Waals surface area (Å²) in [5, 5.41) is 9.54. The van der Waals surface area contributed by atoms with Crippen LogP contribution in [0.3, 0.4) is 0 Å². The van der Waals surface area contributed by atoms with Crippen LogP contribution in [0.15, 0.2) is 28.9 Å². The lowest BCUT2D eigenvalue weighted by Crippen LogP contribution is -2.38. The van der Waals surface area contributed by atoms with Gasteiger partial charge in [0.2, 0.25) is 5.88 Å². The highest BCUT2D eigenvalue weighted by atomic mass is 16.4. The van der Waals surface area contributed by atoms with Crippen LogP contribution in [-0.4, -0.2) is 28.0 Å². The van der Waals surface area contributed by atoms with Crippen molar-refractivity contribution in [1.82, 2.24) is 9.47 Å². The van der Waals surface area contributed by atoms with Gasteiger partial charge < -0.3 is 9.32 Å². The molecule has 0 unspecified atom stereocenters. The predicted molar refractivity (Wildman–Crippen MR) is 79.7 cm³/mol. The SMILES string of the molecule is Cc1oc(-n2cccc2)c(C#N)c1C(=O)N1C[C@H]2CC[C@H]1C2. The van der Waals surface area contributed by atoms with E-state index < -0.39 is 0 Å². The molecule has 2 atom stereocenters. The molecule has 0 aromatic carbocycles. The molecule has 0 radical (unpaired) electrons. The van der Waals surface area contributed by atoms with E-state index in [2.05, 4.69) is 6.07 Å². The van der Waals surface area contributed by atoms with Gasteiger partial charge in [-0.3, -0.25) is 9.36 Å². The van der Waals surface area contributed by atoms with E-state index in [4.69, 9.17) is 4.42 Å². The molecule has 3 heterocycles. The zero-order chi connectivity index (χ0) is 15.3. The fraction of sp³-hybridized carbons (Fsp3) is 0.412. The van der Waals surface area contributed by atoms with Crippen molar-refractivity contribution in [3.63, 3.8) is 0 Å². The number of carbonyl (C=O) groups is 1. The molecule has 5 heteroatoms.